The van der Waals surface area contributed by atoms with E-state index in [2.05, 4.69) is 72.3 Å². The number of hydrogen-bond acceptors (Lipinski definition) is 19. The lowest BCUT2D eigenvalue weighted by Crippen LogP contribution is -2.63. The lowest BCUT2D eigenvalue weighted by atomic mass is 10.0. The summed E-state index contributed by atoms with van der Waals surface area (Å²) < 4.78 is 0. The van der Waals surface area contributed by atoms with Crippen molar-refractivity contribution in [3.8, 4) is 0 Å². The minimum Gasteiger partial charge on any atom is -0.394 e. The zero-order valence-corrected chi connectivity index (χ0v) is 48.1. The van der Waals surface area contributed by atoms with Gasteiger partial charge in [0, 0.05) is 19.4 Å². The third kappa shape index (κ3) is 25.2. The van der Waals surface area contributed by atoms with Crippen LogP contribution in [0.25, 0.3) is 0 Å². The Kier molecular flexibility index (Phi) is 33.1. The van der Waals surface area contributed by atoms with Crippen LogP contribution < -0.4 is 81.4 Å². The highest BCUT2D eigenvalue weighted by atomic mass is 16.3. The van der Waals surface area contributed by atoms with Crippen molar-refractivity contribution in [3.63, 3.8) is 0 Å². The number of rotatable bonds is 27. The highest BCUT2D eigenvalue weighted by molar-refractivity contribution is 5.99. The minimum atomic E-state index is -1.91. The van der Waals surface area contributed by atoms with Gasteiger partial charge in [-0.15, -0.1) is 0 Å². The van der Waals surface area contributed by atoms with E-state index in [-0.39, 0.29) is 64.7 Å². The van der Waals surface area contributed by atoms with Crippen LogP contribution in [-0.4, -0.2) is 203 Å². The number of amides is 11. The van der Waals surface area contributed by atoms with Gasteiger partial charge in [0.1, 0.15) is 60.4 Å². The summed E-state index contributed by atoms with van der Waals surface area (Å²) in [6.45, 7) is 5.31. The van der Waals surface area contributed by atoms with Gasteiger partial charge >= 0.3 is 0 Å². The number of carbonyl (C=O) groups is 11. The molecule has 1 fully saturated rings. The Morgan fingerprint density at radius 3 is 1.59 bits per heavy atom. The lowest BCUT2D eigenvalue weighted by Gasteiger charge is -2.29. The molecule has 30 heteroatoms. The molecule has 1 aromatic rings. The Labute approximate surface area is 483 Å². The van der Waals surface area contributed by atoms with Crippen LogP contribution in [0.2, 0.25) is 0 Å². The Morgan fingerprint density at radius 2 is 1.08 bits per heavy atom. The first-order valence-corrected chi connectivity index (χ1v) is 28.2. The average Bonchev–Trinajstić information content (AvgIpc) is 3.45. The molecule has 0 bridgehead atoms. The first-order chi connectivity index (χ1) is 39.3. The van der Waals surface area contributed by atoms with Crippen molar-refractivity contribution in [1.82, 2.24) is 58.5 Å². The number of carbonyl (C=O) groups excluding carboxylic acids is 11. The van der Waals surface area contributed by atoms with E-state index in [1.54, 1.807) is 30.3 Å². The smallest absolute Gasteiger partial charge is 0.245 e. The standard InChI is InChI=1S/C53H91N15O15/c1-6-28(2)12-10-11-15-40(73)59-33(16-21-54)47(77)67-43(31(5)72)53(83)65-39(27-69)50(80)62-37-20-25-58-51(81)41(29(3)70)66-48(78)36(19-24-57)61-44(74)35(18-23-56)63-52(82)42(30(4)71)68-49(79)38(26-32-13-8-7-9-14-32)64-45(75)34(17-22-55)60-46(37)76/h7-9,13-14,28-31,33-39,41-43,69-72H,6,10-12,15-27,54-57H2,1-5H3,(H,58,81)(H,59,73)(H,60,76)(H,61,74)(H,62,80)(H,63,82)(H,64,75)(H,65,83)(H,66,78)(H,67,77)(H,68,79)/t28?,29-,30-,31-,33+,34+,35+,36+,37+,38-,39-,41+,42+,43+/m1/s1. The summed E-state index contributed by atoms with van der Waals surface area (Å²) in [4.78, 5) is 152. The molecule has 1 aromatic carbocycles. The van der Waals surface area contributed by atoms with E-state index < -0.39 is 163 Å². The highest BCUT2D eigenvalue weighted by Gasteiger charge is 2.38. The SMILES string of the molecule is CCC(C)CCCCC(=O)N[C@@H](CCN)C(=O)N[C@H](C(=O)N[C@H](CO)C(=O)N[C@H]1CCNC(=O)[C@H]([C@@H](C)O)NC(=O)[C@H](CCN)NC(=O)[C@H](CCN)NC(=O)[C@H]([C@@H](C)O)NC(=O)[C@@H](Cc2ccccc2)NC(=O)[C@H](CCN)NC1=O)[C@@H](C)O. The molecular formula is C53H91N15O15. The summed E-state index contributed by atoms with van der Waals surface area (Å²) in [5.41, 5.74) is 23.7. The van der Waals surface area contributed by atoms with E-state index in [0.29, 0.717) is 17.9 Å². The zero-order valence-electron chi connectivity index (χ0n) is 48.1. The van der Waals surface area contributed by atoms with E-state index in [9.17, 15) is 73.2 Å². The Balaban J connectivity index is 2.63. The van der Waals surface area contributed by atoms with Gasteiger partial charge in [-0.3, -0.25) is 52.7 Å². The molecule has 0 aromatic heterocycles. The van der Waals surface area contributed by atoms with Crippen LogP contribution >= 0.6 is 0 Å². The maximum Gasteiger partial charge on any atom is 0.245 e. The molecule has 11 amide bonds. The molecule has 0 radical (unpaired) electrons. The van der Waals surface area contributed by atoms with Crippen LogP contribution in [-0.2, 0) is 59.2 Å². The molecule has 23 N–H and O–H groups in total. The monoisotopic (exact) mass is 1180 g/mol. The fourth-order valence-electron chi connectivity index (χ4n) is 8.55. The second-order valence-electron chi connectivity index (χ2n) is 20.7. The first kappa shape index (κ1) is 72.2. The maximum absolute atomic E-state index is 14.4. The summed E-state index contributed by atoms with van der Waals surface area (Å²) in [5.74, 6) is -10.5. The molecule has 2 rings (SSSR count). The predicted molar refractivity (Wildman–Crippen MR) is 302 cm³/mol. The Bertz CT molecular complexity index is 2280. The zero-order chi connectivity index (χ0) is 62.3. The fraction of sp³-hybridized carbons (Fsp3) is 0.679. The van der Waals surface area contributed by atoms with Gasteiger partial charge in [0.05, 0.1) is 24.9 Å². The lowest BCUT2D eigenvalue weighted by molar-refractivity contribution is -0.137. The number of benzene rings is 1. The molecule has 1 aliphatic rings. The third-order valence-corrected chi connectivity index (χ3v) is 13.7. The number of aliphatic hydroxyl groups is 4. The van der Waals surface area contributed by atoms with Gasteiger partial charge in [0.2, 0.25) is 65.0 Å². The molecule has 1 aliphatic heterocycles. The number of nitrogens with one attached hydrogen (secondary N) is 11. The topological polar surface area (TPSA) is 505 Å². The van der Waals surface area contributed by atoms with Crippen LogP contribution in [0.1, 0.15) is 104 Å². The van der Waals surface area contributed by atoms with E-state index in [1.807, 2.05) is 0 Å². The summed E-state index contributed by atoms with van der Waals surface area (Å²) in [6, 6.07) is -8.01. The summed E-state index contributed by atoms with van der Waals surface area (Å²) in [6.07, 6.45) is -3.06. The summed E-state index contributed by atoms with van der Waals surface area (Å²) in [7, 11) is 0. The van der Waals surface area contributed by atoms with Crippen molar-refractivity contribution >= 4 is 65.0 Å². The number of hydrogen-bond donors (Lipinski definition) is 19. The Morgan fingerprint density at radius 1 is 0.578 bits per heavy atom. The van der Waals surface area contributed by atoms with Crippen LogP contribution in [0, 0.1) is 5.92 Å². The molecule has 1 unspecified atom stereocenters. The average molecular weight is 1180 g/mol. The Hall–Kier alpha value is -6.93. The fourth-order valence-corrected chi connectivity index (χ4v) is 8.55. The molecule has 0 spiro atoms. The first-order valence-electron chi connectivity index (χ1n) is 28.2. The van der Waals surface area contributed by atoms with Gasteiger partial charge in [-0.1, -0.05) is 63.4 Å². The highest BCUT2D eigenvalue weighted by Crippen LogP contribution is 2.13. The molecule has 83 heavy (non-hydrogen) atoms. The van der Waals surface area contributed by atoms with Crippen molar-refractivity contribution in [2.75, 3.05) is 39.3 Å². The van der Waals surface area contributed by atoms with Gasteiger partial charge in [-0.05, 0) is 97.0 Å². The maximum atomic E-state index is 14.4. The van der Waals surface area contributed by atoms with Gasteiger partial charge in [0.25, 0.3) is 0 Å². The third-order valence-electron chi connectivity index (χ3n) is 13.7. The van der Waals surface area contributed by atoms with Crippen molar-refractivity contribution in [1.29, 1.82) is 0 Å². The van der Waals surface area contributed by atoms with Gasteiger partial charge < -0.3 is 102 Å². The summed E-state index contributed by atoms with van der Waals surface area (Å²) >= 11 is 0. The second kappa shape index (κ2) is 38.0. The molecule has 0 saturated carbocycles. The van der Waals surface area contributed by atoms with Crippen LogP contribution in [0.15, 0.2) is 30.3 Å². The van der Waals surface area contributed by atoms with E-state index >= 15 is 0 Å². The van der Waals surface area contributed by atoms with Gasteiger partial charge in [-0.25, -0.2) is 0 Å². The molecule has 1 heterocycles. The molecular weight excluding hydrogens is 1090 g/mol. The molecule has 30 nitrogen and oxygen atoms in total. The quantitative estimate of drug-likeness (QED) is 0.0364. The predicted octanol–water partition coefficient (Wildman–Crippen LogP) is -7.27. The van der Waals surface area contributed by atoms with Crippen LogP contribution in [0.4, 0.5) is 0 Å². The normalized spacial score (nSPS) is 23.5. The molecule has 0 aliphatic carbocycles. The van der Waals surface area contributed by atoms with Gasteiger partial charge in [-0.2, -0.15) is 0 Å². The van der Waals surface area contributed by atoms with E-state index in [0.717, 1.165) is 33.1 Å². The largest absolute Gasteiger partial charge is 0.394 e. The minimum absolute atomic E-state index is 0.0500. The van der Waals surface area contributed by atoms with E-state index in [1.165, 1.54) is 6.92 Å². The molecule has 1 saturated heterocycles. The van der Waals surface area contributed by atoms with Crippen molar-refractivity contribution in [3.05, 3.63) is 35.9 Å². The van der Waals surface area contributed by atoms with Crippen molar-refractivity contribution < 1.29 is 73.2 Å². The molecule has 468 valence electrons. The number of nitrogens with two attached hydrogens (primary N) is 4. The van der Waals surface area contributed by atoms with Crippen molar-refractivity contribution in [2.45, 2.75) is 184 Å². The van der Waals surface area contributed by atoms with Gasteiger partial charge in [0.15, 0.2) is 0 Å². The number of aliphatic hydroxyl groups excluding tert-OH is 4. The number of unbranched alkanes of at least 4 members (excludes halogenated alkanes) is 1. The molecule has 14 atom stereocenters. The summed E-state index contributed by atoms with van der Waals surface area (Å²) in [5, 5.41) is 69.3. The van der Waals surface area contributed by atoms with Crippen molar-refractivity contribution in [2.24, 2.45) is 28.9 Å². The van der Waals surface area contributed by atoms with Crippen LogP contribution in [0.3, 0.4) is 0 Å². The second-order valence-corrected chi connectivity index (χ2v) is 20.7. The van der Waals surface area contributed by atoms with E-state index in [4.69, 9.17) is 22.9 Å². The van der Waals surface area contributed by atoms with Crippen LogP contribution in [0.5, 0.6) is 0 Å².